The second-order valence-electron chi connectivity index (χ2n) is 7.94. The summed E-state index contributed by atoms with van der Waals surface area (Å²) in [6.07, 6.45) is 4.61. The van der Waals surface area contributed by atoms with Crippen molar-refractivity contribution in [3.05, 3.63) is 11.7 Å². The van der Waals surface area contributed by atoms with E-state index in [9.17, 15) is 9.59 Å². The van der Waals surface area contributed by atoms with Crippen molar-refractivity contribution in [1.29, 1.82) is 0 Å². The number of piperidine rings is 1. The van der Waals surface area contributed by atoms with Gasteiger partial charge in [0.1, 0.15) is 0 Å². The molecule has 0 spiro atoms. The zero-order valence-electron chi connectivity index (χ0n) is 16.2. The molecule has 2 amide bonds. The van der Waals surface area contributed by atoms with E-state index in [2.05, 4.69) is 20.8 Å². The van der Waals surface area contributed by atoms with Gasteiger partial charge in [-0.3, -0.25) is 9.59 Å². The van der Waals surface area contributed by atoms with E-state index < -0.39 is 0 Å². The van der Waals surface area contributed by atoms with Crippen LogP contribution < -0.4 is 10.6 Å². The number of nitrogens with one attached hydrogen (secondary N) is 2. The number of ether oxygens (including phenoxy) is 1. The third-order valence-corrected chi connectivity index (χ3v) is 5.98. The Hall–Kier alpha value is -2.00. The lowest BCUT2D eigenvalue weighted by molar-refractivity contribution is -0.141. The Labute approximate surface area is 164 Å². The SMILES string of the molecule is O=C(NCCc1noc(C2CCC2)n1)[C@H]1CNC[C@@H](C(=O)N2CCOCC2)C1. The number of hydrogen-bond acceptors (Lipinski definition) is 7. The van der Waals surface area contributed by atoms with Gasteiger partial charge in [-0.1, -0.05) is 11.6 Å². The fourth-order valence-corrected chi connectivity index (χ4v) is 4.00. The summed E-state index contributed by atoms with van der Waals surface area (Å²) < 4.78 is 10.6. The number of hydrogen-bond donors (Lipinski definition) is 2. The summed E-state index contributed by atoms with van der Waals surface area (Å²) in [6.45, 7) is 4.17. The van der Waals surface area contributed by atoms with Crippen LogP contribution in [0.5, 0.6) is 0 Å². The number of amides is 2. The highest BCUT2D eigenvalue weighted by atomic mass is 16.5. The van der Waals surface area contributed by atoms with E-state index in [0.717, 1.165) is 18.7 Å². The van der Waals surface area contributed by atoms with Gasteiger partial charge in [-0.25, -0.2) is 0 Å². The summed E-state index contributed by atoms with van der Waals surface area (Å²) in [4.78, 5) is 31.5. The summed E-state index contributed by atoms with van der Waals surface area (Å²) in [5.74, 6) is 1.56. The molecule has 3 aliphatic rings. The van der Waals surface area contributed by atoms with E-state index in [0.29, 0.717) is 70.5 Å². The van der Waals surface area contributed by atoms with Gasteiger partial charge >= 0.3 is 0 Å². The van der Waals surface area contributed by atoms with Gasteiger partial charge in [-0.2, -0.15) is 4.98 Å². The van der Waals surface area contributed by atoms with Gasteiger partial charge in [0, 0.05) is 45.1 Å². The molecule has 9 nitrogen and oxygen atoms in total. The Bertz CT molecular complexity index is 684. The quantitative estimate of drug-likeness (QED) is 0.707. The first-order valence-corrected chi connectivity index (χ1v) is 10.4. The fraction of sp³-hybridized carbons (Fsp3) is 0.789. The van der Waals surface area contributed by atoms with Crippen molar-refractivity contribution in [3.8, 4) is 0 Å². The molecule has 3 fully saturated rings. The summed E-state index contributed by atoms with van der Waals surface area (Å²) in [5, 5.41) is 10.2. The molecular weight excluding hydrogens is 362 g/mol. The lowest BCUT2D eigenvalue weighted by atomic mass is 9.85. The van der Waals surface area contributed by atoms with E-state index in [-0.39, 0.29) is 23.7 Å². The van der Waals surface area contributed by atoms with Crippen LogP contribution in [0.1, 0.15) is 43.3 Å². The predicted octanol–water partition coefficient (Wildman–Crippen LogP) is 0.0803. The van der Waals surface area contributed by atoms with Crippen LogP contribution in [0.3, 0.4) is 0 Å². The van der Waals surface area contributed by atoms with E-state index in [1.54, 1.807) is 0 Å². The third kappa shape index (κ3) is 4.52. The molecule has 1 aliphatic carbocycles. The van der Waals surface area contributed by atoms with Gasteiger partial charge in [0.05, 0.1) is 25.0 Å². The first-order valence-electron chi connectivity index (χ1n) is 10.4. The predicted molar refractivity (Wildman–Crippen MR) is 99.5 cm³/mol. The second-order valence-corrected chi connectivity index (χ2v) is 7.94. The van der Waals surface area contributed by atoms with E-state index >= 15 is 0 Å². The topological polar surface area (TPSA) is 110 Å². The minimum absolute atomic E-state index is 0.0188. The maximum atomic E-state index is 12.7. The van der Waals surface area contributed by atoms with Crippen LogP contribution in [0, 0.1) is 11.8 Å². The molecule has 9 heteroatoms. The number of nitrogens with zero attached hydrogens (tertiary/aromatic N) is 3. The van der Waals surface area contributed by atoms with E-state index in [1.165, 1.54) is 6.42 Å². The van der Waals surface area contributed by atoms with Crippen LogP contribution in [0.15, 0.2) is 4.52 Å². The molecule has 1 aromatic rings. The van der Waals surface area contributed by atoms with E-state index in [4.69, 9.17) is 9.26 Å². The lowest BCUT2D eigenvalue weighted by Crippen LogP contribution is -2.51. The number of rotatable bonds is 6. The molecule has 154 valence electrons. The van der Waals surface area contributed by atoms with Gasteiger partial charge in [-0.15, -0.1) is 0 Å². The highest BCUT2D eigenvalue weighted by Crippen LogP contribution is 2.35. The van der Waals surface area contributed by atoms with Gasteiger partial charge in [0.2, 0.25) is 17.7 Å². The van der Waals surface area contributed by atoms with E-state index in [1.807, 2.05) is 4.90 Å². The van der Waals surface area contributed by atoms with Crippen LogP contribution in [-0.4, -0.2) is 72.8 Å². The van der Waals surface area contributed by atoms with Gasteiger partial charge in [-0.05, 0) is 19.3 Å². The molecule has 4 rings (SSSR count). The molecule has 28 heavy (non-hydrogen) atoms. The maximum Gasteiger partial charge on any atom is 0.229 e. The molecule has 2 aliphatic heterocycles. The molecule has 0 aromatic carbocycles. The van der Waals surface area contributed by atoms with Gasteiger partial charge in [0.15, 0.2) is 5.82 Å². The molecule has 1 saturated carbocycles. The third-order valence-electron chi connectivity index (χ3n) is 5.98. The summed E-state index contributed by atoms with van der Waals surface area (Å²) >= 11 is 0. The lowest BCUT2D eigenvalue weighted by Gasteiger charge is -2.34. The number of carbonyl (C=O) groups excluding carboxylic acids is 2. The highest BCUT2D eigenvalue weighted by molar-refractivity contribution is 5.83. The molecule has 2 N–H and O–H groups in total. The zero-order chi connectivity index (χ0) is 19.3. The first-order chi connectivity index (χ1) is 13.7. The number of morpholine rings is 1. The van der Waals surface area contributed by atoms with Crippen molar-refractivity contribution in [2.75, 3.05) is 45.9 Å². The molecule has 0 bridgehead atoms. The fourth-order valence-electron chi connectivity index (χ4n) is 4.00. The van der Waals surface area contributed by atoms with Crippen molar-refractivity contribution < 1.29 is 18.8 Å². The van der Waals surface area contributed by atoms with Crippen molar-refractivity contribution in [2.24, 2.45) is 11.8 Å². The van der Waals surface area contributed by atoms with Crippen LogP contribution in [0.2, 0.25) is 0 Å². The maximum absolute atomic E-state index is 12.7. The largest absolute Gasteiger partial charge is 0.378 e. The highest BCUT2D eigenvalue weighted by Gasteiger charge is 2.33. The second kappa shape index (κ2) is 9.00. The van der Waals surface area contributed by atoms with Crippen LogP contribution in [-0.2, 0) is 20.7 Å². The van der Waals surface area contributed by atoms with Gasteiger partial charge in [0.25, 0.3) is 0 Å². The molecule has 0 radical (unpaired) electrons. The van der Waals surface area contributed by atoms with Crippen LogP contribution in [0.25, 0.3) is 0 Å². The molecule has 1 aromatic heterocycles. The zero-order valence-corrected chi connectivity index (χ0v) is 16.2. The molecule has 2 atom stereocenters. The van der Waals surface area contributed by atoms with Crippen LogP contribution >= 0.6 is 0 Å². The molecule has 2 saturated heterocycles. The summed E-state index contributed by atoms with van der Waals surface area (Å²) in [6, 6.07) is 0. The smallest absolute Gasteiger partial charge is 0.229 e. The Balaban J connectivity index is 1.21. The average molecular weight is 391 g/mol. The normalized spacial score (nSPS) is 25.9. The Morgan fingerprint density at radius 1 is 1.18 bits per heavy atom. The van der Waals surface area contributed by atoms with Crippen LogP contribution in [0.4, 0.5) is 0 Å². The molecule has 0 unspecified atom stereocenters. The van der Waals surface area contributed by atoms with Gasteiger partial charge < -0.3 is 24.8 Å². The Morgan fingerprint density at radius 2 is 1.96 bits per heavy atom. The van der Waals surface area contributed by atoms with Crippen molar-refractivity contribution in [1.82, 2.24) is 25.7 Å². The minimum atomic E-state index is -0.195. The van der Waals surface area contributed by atoms with Crippen molar-refractivity contribution in [2.45, 2.75) is 38.0 Å². The number of carbonyl (C=O) groups is 2. The van der Waals surface area contributed by atoms with Crippen molar-refractivity contribution >= 4 is 11.8 Å². The standard InChI is InChI=1S/C19H29N5O4/c25-17(21-5-4-16-22-18(28-23-16)13-2-1-3-13)14-10-15(12-20-11-14)19(26)24-6-8-27-9-7-24/h13-15,20H,1-12H2,(H,21,25)/t14-,15+/m1/s1. The minimum Gasteiger partial charge on any atom is -0.378 e. The first kappa shape index (κ1) is 19.3. The average Bonchev–Trinajstić information content (AvgIpc) is 3.15. The summed E-state index contributed by atoms with van der Waals surface area (Å²) in [7, 11) is 0. The monoisotopic (exact) mass is 391 g/mol. The number of aromatic nitrogens is 2. The Kier molecular flexibility index (Phi) is 6.21. The Morgan fingerprint density at radius 3 is 2.71 bits per heavy atom. The molecule has 3 heterocycles. The van der Waals surface area contributed by atoms with Crippen molar-refractivity contribution in [3.63, 3.8) is 0 Å². The summed E-state index contributed by atoms with van der Waals surface area (Å²) in [5.41, 5.74) is 0. The molecular formula is C19H29N5O4.